The highest BCUT2D eigenvalue weighted by Crippen LogP contribution is 2.28. The van der Waals surface area contributed by atoms with Crippen LogP contribution in [0.4, 0.5) is 5.69 Å². The van der Waals surface area contributed by atoms with Crippen molar-refractivity contribution in [3.8, 4) is 0 Å². The van der Waals surface area contributed by atoms with Crippen LogP contribution in [0.3, 0.4) is 0 Å². The molecular formula is C15H18N2. The van der Waals surface area contributed by atoms with E-state index in [0.717, 1.165) is 11.4 Å². The molecule has 17 heavy (non-hydrogen) atoms. The maximum absolute atomic E-state index is 4.34. The number of fused-ring (bicyclic) bond motifs is 1. The van der Waals surface area contributed by atoms with Crippen molar-refractivity contribution >= 4 is 16.6 Å². The Kier molecular flexibility index (Phi) is 2.71. The van der Waals surface area contributed by atoms with Crippen molar-refractivity contribution in [2.45, 2.75) is 32.2 Å². The van der Waals surface area contributed by atoms with Crippen LogP contribution in [0.15, 0.2) is 36.5 Å². The summed E-state index contributed by atoms with van der Waals surface area (Å²) in [7, 11) is 0. The second-order valence-electron chi connectivity index (χ2n) is 5.07. The summed E-state index contributed by atoms with van der Waals surface area (Å²) >= 11 is 0. The molecule has 88 valence electrons. The van der Waals surface area contributed by atoms with E-state index >= 15 is 0 Å². The lowest BCUT2D eigenvalue weighted by molar-refractivity contribution is 0.556. The first-order chi connectivity index (χ1) is 8.33. The number of nitrogens with one attached hydrogen (secondary N) is 1. The van der Waals surface area contributed by atoms with Crippen molar-refractivity contribution in [3.63, 3.8) is 0 Å². The Morgan fingerprint density at radius 3 is 3.00 bits per heavy atom. The third kappa shape index (κ3) is 2.12. The summed E-state index contributed by atoms with van der Waals surface area (Å²) in [6.07, 6.45) is 5.85. The van der Waals surface area contributed by atoms with Crippen molar-refractivity contribution in [3.05, 3.63) is 36.5 Å². The minimum absolute atomic E-state index is 0.643. The number of hydrogen-bond donors (Lipinski definition) is 1. The van der Waals surface area contributed by atoms with E-state index in [-0.39, 0.29) is 0 Å². The molecule has 2 nitrogen and oxygen atoms in total. The van der Waals surface area contributed by atoms with Gasteiger partial charge in [0, 0.05) is 23.3 Å². The summed E-state index contributed by atoms with van der Waals surface area (Å²) in [5, 5.41) is 4.87. The van der Waals surface area contributed by atoms with Gasteiger partial charge in [-0.3, -0.25) is 4.98 Å². The van der Waals surface area contributed by atoms with Crippen molar-refractivity contribution in [2.24, 2.45) is 5.92 Å². The lowest BCUT2D eigenvalue weighted by Gasteiger charge is -2.18. The fraction of sp³-hybridized carbons (Fsp3) is 0.400. The van der Waals surface area contributed by atoms with Gasteiger partial charge in [0.05, 0.1) is 5.52 Å². The van der Waals surface area contributed by atoms with E-state index in [1.54, 1.807) is 0 Å². The average Bonchev–Trinajstić information content (AvgIpc) is 2.75. The number of benzene rings is 1. The molecule has 1 heterocycles. The van der Waals surface area contributed by atoms with Gasteiger partial charge in [0.15, 0.2) is 0 Å². The highest BCUT2D eigenvalue weighted by atomic mass is 14.9. The fourth-order valence-electron chi connectivity index (χ4n) is 2.74. The molecule has 0 spiro atoms. The van der Waals surface area contributed by atoms with Crippen molar-refractivity contribution in [1.82, 2.24) is 4.98 Å². The van der Waals surface area contributed by atoms with Gasteiger partial charge in [-0.05, 0) is 43.0 Å². The van der Waals surface area contributed by atoms with Gasteiger partial charge in [0.25, 0.3) is 0 Å². The first-order valence-corrected chi connectivity index (χ1v) is 6.44. The van der Waals surface area contributed by atoms with Gasteiger partial charge in [-0.15, -0.1) is 0 Å². The number of nitrogens with zero attached hydrogens (tertiary/aromatic N) is 1. The summed E-state index contributed by atoms with van der Waals surface area (Å²) in [5.41, 5.74) is 2.29. The van der Waals surface area contributed by atoms with Crippen LogP contribution in [0.25, 0.3) is 10.9 Å². The fourth-order valence-corrected chi connectivity index (χ4v) is 2.74. The van der Waals surface area contributed by atoms with Crippen LogP contribution in [0.2, 0.25) is 0 Å². The molecule has 1 aliphatic carbocycles. The Labute approximate surface area is 102 Å². The number of hydrogen-bond acceptors (Lipinski definition) is 2. The molecule has 0 saturated heterocycles. The van der Waals surface area contributed by atoms with E-state index in [2.05, 4.69) is 41.5 Å². The van der Waals surface area contributed by atoms with Crippen LogP contribution >= 0.6 is 0 Å². The van der Waals surface area contributed by atoms with E-state index in [0.29, 0.717) is 6.04 Å². The normalized spacial score (nSPS) is 24.1. The van der Waals surface area contributed by atoms with Gasteiger partial charge in [0.1, 0.15) is 0 Å². The maximum atomic E-state index is 4.34. The molecule has 2 aromatic rings. The zero-order valence-electron chi connectivity index (χ0n) is 10.2. The topological polar surface area (TPSA) is 24.9 Å². The highest BCUT2D eigenvalue weighted by molar-refractivity contribution is 5.82. The Balaban J connectivity index is 1.85. The molecule has 2 atom stereocenters. The highest BCUT2D eigenvalue weighted by Gasteiger charge is 2.22. The minimum atomic E-state index is 0.643. The van der Waals surface area contributed by atoms with Gasteiger partial charge in [-0.1, -0.05) is 19.4 Å². The third-order valence-corrected chi connectivity index (χ3v) is 3.82. The second kappa shape index (κ2) is 4.36. The molecule has 0 bridgehead atoms. The summed E-state index contributed by atoms with van der Waals surface area (Å²) in [6, 6.07) is 11.2. The van der Waals surface area contributed by atoms with E-state index < -0.39 is 0 Å². The number of rotatable bonds is 2. The molecule has 1 saturated carbocycles. The maximum Gasteiger partial charge on any atom is 0.0703 e. The van der Waals surface area contributed by atoms with Crippen molar-refractivity contribution < 1.29 is 0 Å². The van der Waals surface area contributed by atoms with Crippen LogP contribution in [0.1, 0.15) is 26.2 Å². The Morgan fingerprint density at radius 1 is 1.24 bits per heavy atom. The van der Waals surface area contributed by atoms with Crippen LogP contribution in [0.5, 0.6) is 0 Å². The van der Waals surface area contributed by atoms with E-state index in [9.17, 15) is 0 Å². The first-order valence-electron chi connectivity index (χ1n) is 6.44. The SMILES string of the molecule is CC1CCCC1Nc1ccc2ncccc2c1. The first kappa shape index (κ1) is 10.6. The quantitative estimate of drug-likeness (QED) is 0.841. The smallest absolute Gasteiger partial charge is 0.0703 e. The standard InChI is InChI=1S/C15H18N2/c1-11-4-2-6-14(11)17-13-7-8-15-12(10-13)5-3-9-16-15/h3,5,7-11,14,17H,2,4,6H2,1H3. The van der Waals surface area contributed by atoms with Crippen LogP contribution in [0, 0.1) is 5.92 Å². The molecule has 0 radical (unpaired) electrons. The van der Waals surface area contributed by atoms with Gasteiger partial charge < -0.3 is 5.32 Å². The molecule has 1 aromatic heterocycles. The lowest BCUT2D eigenvalue weighted by atomic mass is 10.1. The van der Waals surface area contributed by atoms with Crippen molar-refractivity contribution in [2.75, 3.05) is 5.32 Å². The Morgan fingerprint density at radius 2 is 2.18 bits per heavy atom. The van der Waals surface area contributed by atoms with Gasteiger partial charge in [-0.25, -0.2) is 0 Å². The van der Waals surface area contributed by atoms with E-state index in [1.807, 2.05) is 12.3 Å². The number of pyridine rings is 1. The summed E-state index contributed by atoms with van der Waals surface area (Å²) < 4.78 is 0. The van der Waals surface area contributed by atoms with Crippen molar-refractivity contribution in [1.29, 1.82) is 0 Å². The molecule has 1 N–H and O–H groups in total. The monoisotopic (exact) mass is 226 g/mol. The summed E-state index contributed by atoms with van der Waals surface area (Å²) in [6.45, 7) is 2.34. The van der Waals surface area contributed by atoms with Crippen LogP contribution < -0.4 is 5.32 Å². The zero-order valence-corrected chi connectivity index (χ0v) is 10.2. The van der Waals surface area contributed by atoms with E-state index in [1.165, 1.54) is 30.3 Å². The molecule has 1 aliphatic rings. The van der Waals surface area contributed by atoms with Crippen LogP contribution in [-0.4, -0.2) is 11.0 Å². The molecule has 0 amide bonds. The molecule has 3 rings (SSSR count). The zero-order chi connectivity index (χ0) is 11.7. The second-order valence-corrected chi connectivity index (χ2v) is 5.07. The molecule has 2 unspecified atom stereocenters. The third-order valence-electron chi connectivity index (χ3n) is 3.82. The molecule has 1 aromatic carbocycles. The number of aromatic nitrogens is 1. The average molecular weight is 226 g/mol. The molecule has 1 fully saturated rings. The number of anilines is 1. The Bertz CT molecular complexity index is 521. The Hall–Kier alpha value is -1.57. The van der Waals surface area contributed by atoms with Gasteiger partial charge in [0.2, 0.25) is 0 Å². The molecular weight excluding hydrogens is 208 g/mol. The predicted molar refractivity (Wildman–Crippen MR) is 72.2 cm³/mol. The van der Waals surface area contributed by atoms with Crippen LogP contribution in [-0.2, 0) is 0 Å². The van der Waals surface area contributed by atoms with E-state index in [4.69, 9.17) is 0 Å². The largest absolute Gasteiger partial charge is 0.382 e. The minimum Gasteiger partial charge on any atom is -0.382 e. The lowest BCUT2D eigenvalue weighted by Crippen LogP contribution is -2.21. The molecule has 0 aliphatic heterocycles. The summed E-state index contributed by atoms with van der Waals surface area (Å²) in [4.78, 5) is 4.34. The predicted octanol–water partition coefficient (Wildman–Crippen LogP) is 3.84. The van der Waals surface area contributed by atoms with Gasteiger partial charge in [-0.2, -0.15) is 0 Å². The molecule has 2 heteroatoms. The van der Waals surface area contributed by atoms with Gasteiger partial charge >= 0.3 is 0 Å². The summed E-state index contributed by atoms with van der Waals surface area (Å²) in [5.74, 6) is 0.791.